The Labute approximate surface area is 155 Å². The molecule has 2 aliphatic heterocycles. The lowest BCUT2D eigenvalue weighted by atomic mass is 9.92. The highest BCUT2D eigenvalue weighted by Crippen LogP contribution is 2.44. The number of amides is 1. The van der Waals surface area contributed by atoms with Crippen molar-refractivity contribution in [2.24, 2.45) is 17.8 Å². The number of hydrogen-bond acceptors (Lipinski definition) is 3. The maximum absolute atomic E-state index is 12.8. The van der Waals surface area contributed by atoms with Crippen molar-refractivity contribution in [3.05, 3.63) is 35.4 Å². The van der Waals surface area contributed by atoms with E-state index in [1.165, 1.54) is 24.8 Å². The van der Waals surface area contributed by atoms with Gasteiger partial charge in [-0.25, -0.2) is 0 Å². The van der Waals surface area contributed by atoms with Crippen molar-refractivity contribution < 1.29 is 14.7 Å². The van der Waals surface area contributed by atoms with Crippen molar-refractivity contribution in [1.82, 2.24) is 9.80 Å². The van der Waals surface area contributed by atoms with Crippen LogP contribution in [0.3, 0.4) is 0 Å². The summed E-state index contributed by atoms with van der Waals surface area (Å²) in [5, 5.41) is 9.48. The van der Waals surface area contributed by atoms with Crippen molar-refractivity contribution in [1.29, 1.82) is 0 Å². The maximum atomic E-state index is 12.8. The van der Waals surface area contributed by atoms with Crippen molar-refractivity contribution >= 4 is 11.9 Å². The Hall–Kier alpha value is -1.88. The monoisotopic (exact) mass is 356 g/mol. The van der Waals surface area contributed by atoms with E-state index < -0.39 is 11.9 Å². The number of benzene rings is 1. The minimum absolute atomic E-state index is 0.0241. The summed E-state index contributed by atoms with van der Waals surface area (Å²) in [5.74, 6) is -0.543. The molecule has 1 aliphatic carbocycles. The number of carbonyl (C=O) groups is 2. The quantitative estimate of drug-likeness (QED) is 0.881. The van der Waals surface area contributed by atoms with E-state index in [2.05, 4.69) is 4.90 Å². The fourth-order valence-electron chi connectivity index (χ4n) is 4.57. The van der Waals surface area contributed by atoms with E-state index >= 15 is 0 Å². The zero-order chi connectivity index (χ0) is 18.1. The highest BCUT2D eigenvalue weighted by Gasteiger charge is 2.46. The number of likely N-dealkylation sites (tertiary alicyclic amines) is 2. The standard InChI is InChI=1S/C21H28N2O3/c24-20(23-13-18(16-8-9-16)19(14-23)21(25)26)17-6-4-15(5-7-17)12-22-10-2-1-3-11-22/h4-7,16,18-19H,1-3,8-14H2,(H,25,26)/t18-,19+/m0/s1. The van der Waals surface area contributed by atoms with E-state index in [1.54, 1.807) is 4.90 Å². The molecule has 2 saturated heterocycles. The Morgan fingerprint density at radius 1 is 1.00 bits per heavy atom. The summed E-state index contributed by atoms with van der Waals surface area (Å²) in [6.45, 7) is 4.21. The average molecular weight is 356 g/mol. The van der Waals surface area contributed by atoms with Gasteiger partial charge < -0.3 is 10.0 Å². The minimum atomic E-state index is -0.755. The van der Waals surface area contributed by atoms with E-state index in [0.29, 0.717) is 24.6 Å². The van der Waals surface area contributed by atoms with Crippen LogP contribution in [-0.4, -0.2) is 53.0 Å². The van der Waals surface area contributed by atoms with Gasteiger partial charge in [0.15, 0.2) is 0 Å². The second-order valence-electron chi connectivity index (χ2n) is 8.19. The first-order valence-corrected chi connectivity index (χ1v) is 9.95. The zero-order valence-corrected chi connectivity index (χ0v) is 15.3. The Balaban J connectivity index is 1.39. The molecule has 3 fully saturated rings. The molecular formula is C21H28N2O3. The second kappa shape index (κ2) is 7.39. The summed E-state index contributed by atoms with van der Waals surface area (Å²) in [6, 6.07) is 7.90. The highest BCUT2D eigenvalue weighted by atomic mass is 16.4. The second-order valence-corrected chi connectivity index (χ2v) is 8.19. The molecule has 2 atom stereocenters. The van der Waals surface area contributed by atoms with E-state index in [1.807, 2.05) is 24.3 Å². The lowest BCUT2D eigenvalue weighted by molar-refractivity contribution is -0.142. The third kappa shape index (κ3) is 3.78. The molecular weight excluding hydrogens is 328 g/mol. The van der Waals surface area contributed by atoms with Gasteiger partial charge in [0.1, 0.15) is 0 Å². The van der Waals surface area contributed by atoms with Crippen LogP contribution < -0.4 is 0 Å². The van der Waals surface area contributed by atoms with Crippen molar-refractivity contribution in [2.75, 3.05) is 26.2 Å². The lowest BCUT2D eigenvalue weighted by Gasteiger charge is -2.26. The Morgan fingerprint density at radius 3 is 2.31 bits per heavy atom. The van der Waals surface area contributed by atoms with E-state index in [4.69, 9.17) is 0 Å². The van der Waals surface area contributed by atoms with Crippen LogP contribution in [-0.2, 0) is 11.3 Å². The molecule has 3 aliphatic rings. The molecule has 2 heterocycles. The fourth-order valence-corrected chi connectivity index (χ4v) is 4.57. The Kier molecular flexibility index (Phi) is 4.98. The van der Waals surface area contributed by atoms with Gasteiger partial charge in [0.2, 0.25) is 0 Å². The van der Waals surface area contributed by atoms with E-state index in [-0.39, 0.29) is 11.8 Å². The Bertz CT molecular complexity index is 662. The number of nitrogens with zero attached hydrogens (tertiary/aromatic N) is 2. The van der Waals surface area contributed by atoms with Crippen LogP contribution in [0.5, 0.6) is 0 Å². The van der Waals surface area contributed by atoms with Crippen LogP contribution in [0.2, 0.25) is 0 Å². The van der Waals surface area contributed by atoms with Gasteiger partial charge in [0.05, 0.1) is 5.92 Å². The molecule has 0 radical (unpaired) electrons. The van der Waals surface area contributed by atoms with Crippen molar-refractivity contribution in [3.8, 4) is 0 Å². The number of carboxylic acids is 1. The first kappa shape index (κ1) is 17.5. The molecule has 1 saturated carbocycles. The molecule has 1 aromatic carbocycles. The van der Waals surface area contributed by atoms with Crippen LogP contribution in [0.25, 0.3) is 0 Å². The van der Waals surface area contributed by atoms with Crippen molar-refractivity contribution in [3.63, 3.8) is 0 Å². The predicted molar refractivity (Wildman–Crippen MR) is 98.8 cm³/mol. The maximum Gasteiger partial charge on any atom is 0.308 e. The van der Waals surface area contributed by atoms with E-state index in [0.717, 1.165) is 32.5 Å². The van der Waals surface area contributed by atoms with Gasteiger partial charge in [-0.3, -0.25) is 14.5 Å². The zero-order valence-electron chi connectivity index (χ0n) is 15.3. The predicted octanol–water partition coefficient (Wildman–Crippen LogP) is 2.86. The molecule has 1 aromatic rings. The number of aliphatic carboxylic acids is 1. The van der Waals surface area contributed by atoms with Gasteiger partial charge >= 0.3 is 5.97 Å². The molecule has 0 aromatic heterocycles. The number of carbonyl (C=O) groups excluding carboxylic acids is 1. The van der Waals surface area contributed by atoms with Crippen molar-refractivity contribution in [2.45, 2.75) is 38.6 Å². The molecule has 140 valence electrons. The Morgan fingerprint density at radius 2 is 1.69 bits per heavy atom. The van der Waals surface area contributed by atoms with Gasteiger partial charge in [-0.05, 0) is 68.3 Å². The molecule has 1 N–H and O–H groups in total. The molecule has 1 amide bonds. The molecule has 0 unspecified atom stereocenters. The van der Waals surface area contributed by atoms with Gasteiger partial charge in [-0.15, -0.1) is 0 Å². The van der Waals surface area contributed by atoms with Crippen LogP contribution >= 0.6 is 0 Å². The summed E-state index contributed by atoms with van der Waals surface area (Å²) in [5.41, 5.74) is 1.91. The first-order valence-electron chi connectivity index (χ1n) is 9.95. The first-order chi connectivity index (χ1) is 12.6. The SMILES string of the molecule is O=C(O)[C@@H]1CN(C(=O)c2ccc(CN3CCCCC3)cc2)C[C@H]1C1CC1. The number of piperidine rings is 1. The summed E-state index contributed by atoms with van der Waals surface area (Å²) in [4.78, 5) is 28.6. The number of hydrogen-bond donors (Lipinski definition) is 1. The van der Waals surface area contributed by atoms with Gasteiger partial charge in [-0.1, -0.05) is 18.6 Å². The fraction of sp³-hybridized carbons (Fsp3) is 0.619. The molecule has 5 nitrogen and oxygen atoms in total. The molecule has 5 heteroatoms. The van der Waals surface area contributed by atoms with Crippen LogP contribution in [0.15, 0.2) is 24.3 Å². The van der Waals surface area contributed by atoms with Crippen LogP contribution in [0, 0.1) is 17.8 Å². The summed E-state index contributed by atoms with van der Waals surface area (Å²) >= 11 is 0. The third-order valence-corrected chi connectivity index (χ3v) is 6.25. The third-order valence-electron chi connectivity index (χ3n) is 6.25. The highest BCUT2D eigenvalue weighted by molar-refractivity contribution is 5.95. The molecule has 0 bridgehead atoms. The number of carboxylic acid groups (broad SMARTS) is 1. The minimum Gasteiger partial charge on any atom is -0.481 e. The summed E-state index contributed by atoms with van der Waals surface area (Å²) < 4.78 is 0. The average Bonchev–Trinajstić information content (AvgIpc) is 3.40. The molecule has 0 spiro atoms. The van der Waals surface area contributed by atoms with Crippen LogP contribution in [0.1, 0.15) is 48.0 Å². The summed E-state index contributed by atoms with van der Waals surface area (Å²) in [6.07, 6.45) is 6.11. The molecule has 26 heavy (non-hydrogen) atoms. The molecule has 4 rings (SSSR count). The normalized spacial score (nSPS) is 26.8. The van der Waals surface area contributed by atoms with Gasteiger partial charge in [0.25, 0.3) is 5.91 Å². The van der Waals surface area contributed by atoms with E-state index in [9.17, 15) is 14.7 Å². The smallest absolute Gasteiger partial charge is 0.308 e. The number of rotatable bonds is 5. The topological polar surface area (TPSA) is 60.9 Å². The van der Waals surface area contributed by atoms with Crippen LogP contribution in [0.4, 0.5) is 0 Å². The largest absolute Gasteiger partial charge is 0.481 e. The van der Waals surface area contributed by atoms with Gasteiger partial charge in [0, 0.05) is 25.2 Å². The van der Waals surface area contributed by atoms with Gasteiger partial charge in [-0.2, -0.15) is 0 Å². The lowest BCUT2D eigenvalue weighted by Crippen LogP contribution is -2.30. The summed E-state index contributed by atoms with van der Waals surface area (Å²) in [7, 11) is 0.